The van der Waals surface area contributed by atoms with Crippen LogP contribution in [0.2, 0.25) is 0 Å². The maximum atomic E-state index is 11.9. The highest BCUT2D eigenvalue weighted by Crippen LogP contribution is 2.18. The van der Waals surface area contributed by atoms with Gasteiger partial charge in [-0.15, -0.1) is 0 Å². The van der Waals surface area contributed by atoms with E-state index in [9.17, 15) is 13.2 Å². The summed E-state index contributed by atoms with van der Waals surface area (Å²) in [6.45, 7) is 1.67. The van der Waals surface area contributed by atoms with E-state index in [1.807, 2.05) is 0 Å². The molecule has 7 heteroatoms. The highest BCUT2D eigenvalue weighted by atomic mass is 32.2. The van der Waals surface area contributed by atoms with Crippen LogP contribution < -0.4 is 5.32 Å². The van der Waals surface area contributed by atoms with E-state index in [-0.39, 0.29) is 24.1 Å². The summed E-state index contributed by atoms with van der Waals surface area (Å²) in [6.07, 6.45) is 2.08. The summed E-state index contributed by atoms with van der Waals surface area (Å²) in [4.78, 5) is 11.4. The molecule has 0 bridgehead atoms. The number of rotatable bonds is 5. The molecule has 17 heavy (non-hydrogen) atoms. The predicted octanol–water partition coefficient (Wildman–Crippen LogP) is -0.683. The second-order valence-electron chi connectivity index (χ2n) is 4.42. The standard InChI is InChI=1S/C10H18N2O4S/c13-10(11-9-1-2-9)3-8-17(14,15)12-4-6-16-7-5-12/h9H,1-8H2,(H,11,13). The SMILES string of the molecule is O=C(CCS(=O)(=O)N1CCOCC1)NC1CC1. The highest BCUT2D eigenvalue weighted by molar-refractivity contribution is 7.89. The molecule has 0 radical (unpaired) electrons. The number of sulfonamides is 1. The maximum Gasteiger partial charge on any atom is 0.221 e. The van der Waals surface area contributed by atoms with Gasteiger partial charge in [-0.2, -0.15) is 4.31 Å². The quantitative estimate of drug-likeness (QED) is 0.712. The zero-order valence-electron chi connectivity index (χ0n) is 9.72. The smallest absolute Gasteiger partial charge is 0.221 e. The van der Waals surface area contributed by atoms with Gasteiger partial charge in [0.15, 0.2) is 0 Å². The minimum absolute atomic E-state index is 0.0518. The summed E-state index contributed by atoms with van der Waals surface area (Å²) in [6, 6.07) is 0.286. The second kappa shape index (κ2) is 5.32. The van der Waals surface area contributed by atoms with Crippen molar-refractivity contribution in [2.75, 3.05) is 32.1 Å². The van der Waals surface area contributed by atoms with E-state index in [4.69, 9.17) is 4.74 Å². The van der Waals surface area contributed by atoms with Gasteiger partial charge in [0.05, 0.1) is 19.0 Å². The van der Waals surface area contributed by atoms with Crippen LogP contribution in [0.5, 0.6) is 0 Å². The predicted molar refractivity (Wildman–Crippen MR) is 62.0 cm³/mol. The Balaban J connectivity index is 1.77. The lowest BCUT2D eigenvalue weighted by molar-refractivity contribution is -0.120. The van der Waals surface area contributed by atoms with Gasteiger partial charge in [0.1, 0.15) is 0 Å². The minimum Gasteiger partial charge on any atom is -0.379 e. The summed E-state index contributed by atoms with van der Waals surface area (Å²) >= 11 is 0. The third-order valence-electron chi connectivity index (χ3n) is 2.89. The number of hydrogen-bond donors (Lipinski definition) is 1. The average Bonchev–Trinajstić information content (AvgIpc) is 3.12. The van der Waals surface area contributed by atoms with Crippen molar-refractivity contribution in [2.45, 2.75) is 25.3 Å². The zero-order chi connectivity index (χ0) is 12.3. The second-order valence-corrected chi connectivity index (χ2v) is 6.51. The van der Waals surface area contributed by atoms with Crippen molar-refractivity contribution in [3.05, 3.63) is 0 Å². The van der Waals surface area contributed by atoms with Crippen LogP contribution >= 0.6 is 0 Å². The van der Waals surface area contributed by atoms with Crippen LogP contribution in [0.4, 0.5) is 0 Å². The Kier molecular flexibility index (Phi) is 4.01. The van der Waals surface area contributed by atoms with E-state index >= 15 is 0 Å². The van der Waals surface area contributed by atoms with Gasteiger partial charge >= 0.3 is 0 Å². The molecule has 1 saturated carbocycles. The van der Waals surface area contributed by atoms with Gasteiger partial charge in [-0.25, -0.2) is 8.42 Å². The Morgan fingerprint density at radius 3 is 2.53 bits per heavy atom. The molecule has 1 saturated heterocycles. The lowest BCUT2D eigenvalue weighted by Gasteiger charge is -2.25. The van der Waals surface area contributed by atoms with Gasteiger partial charge in [0, 0.05) is 25.6 Å². The normalized spacial score (nSPS) is 22.4. The van der Waals surface area contributed by atoms with E-state index < -0.39 is 10.0 Å². The number of carbonyl (C=O) groups excluding carboxylic acids is 1. The molecule has 2 aliphatic rings. The van der Waals surface area contributed by atoms with E-state index in [1.165, 1.54) is 4.31 Å². The number of ether oxygens (including phenoxy) is 1. The van der Waals surface area contributed by atoms with Gasteiger partial charge < -0.3 is 10.1 Å². The summed E-state index contributed by atoms with van der Waals surface area (Å²) in [5.74, 6) is -0.268. The van der Waals surface area contributed by atoms with Gasteiger partial charge in [-0.1, -0.05) is 0 Å². The van der Waals surface area contributed by atoms with E-state index in [2.05, 4.69) is 5.32 Å². The number of hydrogen-bond acceptors (Lipinski definition) is 4. The lowest BCUT2D eigenvalue weighted by atomic mass is 10.4. The van der Waals surface area contributed by atoms with Gasteiger partial charge in [-0.05, 0) is 12.8 Å². The van der Waals surface area contributed by atoms with E-state index in [0.717, 1.165) is 12.8 Å². The first kappa shape index (κ1) is 12.8. The Labute approximate surface area is 101 Å². The Morgan fingerprint density at radius 2 is 1.94 bits per heavy atom. The zero-order valence-corrected chi connectivity index (χ0v) is 10.5. The summed E-state index contributed by atoms with van der Waals surface area (Å²) in [7, 11) is -3.30. The maximum absolute atomic E-state index is 11.9. The molecular weight excluding hydrogens is 244 g/mol. The molecule has 6 nitrogen and oxygen atoms in total. The van der Waals surface area contributed by atoms with Gasteiger partial charge in [-0.3, -0.25) is 4.79 Å². The first-order valence-electron chi connectivity index (χ1n) is 5.93. The van der Waals surface area contributed by atoms with E-state index in [0.29, 0.717) is 26.3 Å². The fourth-order valence-electron chi connectivity index (χ4n) is 1.70. The largest absolute Gasteiger partial charge is 0.379 e. The molecule has 0 unspecified atom stereocenters. The Morgan fingerprint density at radius 1 is 1.29 bits per heavy atom. The molecular formula is C10H18N2O4S. The van der Waals surface area contributed by atoms with Crippen molar-refractivity contribution in [1.82, 2.24) is 9.62 Å². The molecule has 0 spiro atoms. The van der Waals surface area contributed by atoms with Crippen LogP contribution in [0.25, 0.3) is 0 Å². The fraction of sp³-hybridized carbons (Fsp3) is 0.900. The Bertz CT molecular complexity index is 372. The molecule has 98 valence electrons. The molecule has 2 fully saturated rings. The van der Waals surface area contributed by atoms with Crippen LogP contribution in [-0.2, 0) is 19.6 Å². The van der Waals surface area contributed by atoms with Crippen LogP contribution in [0.1, 0.15) is 19.3 Å². The highest BCUT2D eigenvalue weighted by Gasteiger charge is 2.27. The van der Waals surface area contributed by atoms with Crippen molar-refractivity contribution in [2.24, 2.45) is 0 Å². The summed E-state index contributed by atoms with van der Waals surface area (Å²) in [5, 5.41) is 2.78. The number of amides is 1. The molecule has 0 aromatic heterocycles. The molecule has 1 N–H and O–H groups in total. The fourth-order valence-corrected chi connectivity index (χ4v) is 3.11. The number of morpholine rings is 1. The van der Waals surface area contributed by atoms with Crippen LogP contribution in [0, 0.1) is 0 Å². The molecule has 1 amide bonds. The van der Waals surface area contributed by atoms with E-state index in [1.54, 1.807) is 0 Å². The summed E-state index contributed by atoms with van der Waals surface area (Å²) < 4.78 is 30.3. The molecule has 2 rings (SSSR count). The molecule has 0 atom stereocenters. The van der Waals surface area contributed by atoms with Crippen molar-refractivity contribution in [3.8, 4) is 0 Å². The first-order chi connectivity index (χ1) is 8.08. The van der Waals surface area contributed by atoms with Gasteiger partial charge in [0.2, 0.25) is 15.9 Å². The van der Waals surface area contributed by atoms with Crippen molar-refractivity contribution in [3.63, 3.8) is 0 Å². The number of nitrogens with zero attached hydrogens (tertiary/aromatic N) is 1. The van der Waals surface area contributed by atoms with Crippen LogP contribution in [-0.4, -0.2) is 56.7 Å². The molecule has 1 heterocycles. The topological polar surface area (TPSA) is 75.7 Å². The minimum atomic E-state index is -3.30. The Hall–Kier alpha value is -0.660. The van der Waals surface area contributed by atoms with Crippen molar-refractivity contribution in [1.29, 1.82) is 0 Å². The number of carbonyl (C=O) groups is 1. The lowest BCUT2D eigenvalue weighted by Crippen LogP contribution is -2.42. The molecule has 1 aliphatic heterocycles. The monoisotopic (exact) mass is 262 g/mol. The van der Waals surface area contributed by atoms with Crippen molar-refractivity contribution >= 4 is 15.9 Å². The third kappa shape index (κ3) is 3.93. The average molecular weight is 262 g/mol. The van der Waals surface area contributed by atoms with Crippen LogP contribution in [0.15, 0.2) is 0 Å². The summed E-state index contributed by atoms with van der Waals surface area (Å²) in [5.41, 5.74) is 0. The van der Waals surface area contributed by atoms with Crippen LogP contribution in [0.3, 0.4) is 0 Å². The molecule has 1 aliphatic carbocycles. The van der Waals surface area contributed by atoms with Gasteiger partial charge in [0.25, 0.3) is 0 Å². The first-order valence-corrected chi connectivity index (χ1v) is 7.54. The van der Waals surface area contributed by atoms with Crippen molar-refractivity contribution < 1.29 is 17.9 Å². The molecule has 0 aromatic carbocycles. The third-order valence-corrected chi connectivity index (χ3v) is 4.76. The molecule has 0 aromatic rings. The number of nitrogens with one attached hydrogen (secondary N) is 1.